The number of nitrogens with zero attached hydrogens (tertiary/aromatic N) is 1. The van der Waals surface area contributed by atoms with E-state index in [2.05, 4.69) is 13.2 Å². The topological polar surface area (TPSA) is 29.5 Å². The van der Waals surface area contributed by atoms with Crippen LogP contribution in [0.15, 0.2) is 49.6 Å². The average molecular weight is 280 g/mol. The van der Waals surface area contributed by atoms with E-state index in [0.29, 0.717) is 23.9 Å². The Balaban J connectivity index is 2.69. The lowest BCUT2D eigenvalue weighted by molar-refractivity contribution is -0.136. The molecule has 19 heavy (non-hydrogen) atoms. The maximum Gasteiger partial charge on any atom is 0.263 e. The summed E-state index contributed by atoms with van der Waals surface area (Å²) in [5.41, 5.74) is 0. The van der Waals surface area contributed by atoms with Gasteiger partial charge in [-0.2, -0.15) is 0 Å². The highest BCUT2D eigenvalue weighted by molar-refractivity contribution is 6.30. The number of hydrogen-bond donors (Lipinski definition) is 0. The standard InChI is InChI=1S/C15H18ClNO2/c1-4-9-17(10-5-2)15(18)12(3)19-14-8-6-7-13(16)11-14/h4-8,11-12H,1-2,9-10H2,3H3. The SMILES string of the molecule is C=CCN(CC=C)C(=O)C(C)Oc1cccc(Cl)c1. The third kappa shape index (κ3) is 4.79. The summed E-state index contributed by atoms with van der Waals surface area (Å²) in [6.07, 6.45) is 2.76. The summed E-state index contributed by atoms with van der Waals surface area (Å²) in [6.45, 7) is 9.91. The van der Waals surface area contributed by atoms with Crippen LogP contribution in [0.5, 0.6) is 5.75 Å². The van der Waals surface area contributed by atoms with Crippen molar-refractivity contribution in [1.82, 2.24) is 4.90 Å². The van der Waals surface area contributed by atoms with Crippen molar-refractivity contribution in [3.05, 3.63) is 54.6 Å². The van der Waals surface area contributed by atoms with Gasteiger partial charge >= 0.3 is 0 Å². The lowest BCUT2D eigenvalue weighted by Gasteiger charge is -2.23. The van der Waals surface area contributed by atoms with Gasteiger partial charge < -0.3 is 9.64 Å². The molecule has 1 atom stereocenters. The second-order valence-electron chi connectivity index (χ2n) is 4.04. The molecule has 0 saturated heterocycles. The first-order valence-electron chi connectivity index (χ1n) is 6.01. The minimum atomic E-state index is -0.585. The van der Waals surface area contributed by atoms with Crippen LogP contribution >= 0.6 is 11.6 Å². The number of rotatable bonds is 7. The Hall–Kier alpha value is -1.74. The molecule has 0 aliphatic heterocycles. The van der Waals surface area contributed by atoms with Crippen LogP contribution in [-0.4, -0.2) is 30.0 Å². The molecular weight excluding hydrogens is 262 g/mol. The molecule has 0 saturated carbocycles. The van der Waals surface area contributed by atoms with E-state index in [9.17, 15) is 4.79 Å². The minimum Gasteiger partial charge on any atom is -0.481 e. The van der Waals surface area contributed by atoms with Crippen LogP contribution in [0.3, 0.4) is 0 Å². The molecule has 0 radical (unpaired) electrons. The number of hydrogen-bond acceptors (Lipinski definition) is 2. The van der Waals surface area contributed by atoms with Gasteiger partial charge in [-0.25, -0.2) is 0 Å². The zero-order valence-electron chi connectivity index (χ0n) is 11.0. The van der Waals surface area contributed by atoms with Crippen molar-refractivity contribution >= 4 is 17.5 Å². The van der Waals surface area contributed by atoms with Crippen LogP contribution in [0.25, 0.3) is 0 Å². The van der Waals surface area contributed by atoms with Gasteiger partial charge in [0.15, 0.2) is 6.10 Å². The zero-order valence-corrected chi connectivity index (χ0v) is 11.8. The summed E-state index contributed by atoms with van der Waals surface area (Å²) in [4.78, 5) is 13.8. The molecule has 1 aromatic carbocycles. The van der Waals surface area contributed by atoms with Gasteiger partial charge in [-0.15, -0.1) is 13.2 Å². The van der Waals surface area contributed by atoms with Crippen molar-refractivity contribution in [3.63, 3.8) is 0 Å². The Labute approximate surface area is 119 Å². The molecule has 0 fully saturated rings. The molecule has 0 bridgehead atoms. The predicted molar refractivity (Wildman–Crippen MR) is 78.5 cm³/mol. The molecule has 0 aliphatic rings. The summed E-state index contributed by atoms with van der Waals surface area (Å²) < 4.78 is 5.59. The number of carbonyl (C=O) groups excluding carboxylic acids is 1. The number of amides is 1. The molecule has 0 spiro atoms. The molecule has 0 aromatic heterocycles. The minimum absolute atomic E-state index is 0.111. The second kappa shape index (κ2) is 7.64. The number of ether oxygens (including phenoxy) is 1. The monoisotopic (exact) mass is 279 g/mol. The largest absolute Gasteiger partial charge is 0.481 e. The molecule has 1 amide bonds. The van der Waals surface area contributed by atoms with Gasteiger partial charge in [0.25, 0.3) is 5.91 Å². The smallest absolute Gasteiger partial charge is 0.263 e. The van der Waals surface area contributed by atoms with Gasteiger partial charge in [-0.3, -0.25) is 4.79 Å². The Morgan fingerprint density at radius 3 is 2.58 bits per heavy atom. The molecule has 1 rings (SSSR count). The quantitative estimate of drug-likeness (QED) is 0.717. The fourth-order valence-corrected chi connectivity index (χ4v) is 1.80. The lowest BCUT2D eigenvalue weighted by atomic mass is 10.3. The van der Waals surface area contributed by atoms with Crippen molar-refractivity contribution in [2.75, 3.05) is 13.1 Å². The van der Waals surface area contributed by atoms with Gasteiger partial charge in [-0.05, 0) is 25.1 Å². The molecule has 3 nitrogen and oxygen atoms in total. The normalized spacial score (nSPS) is 11.5. The molecule has 0 N–H and O–H groups in total. The van der Waals surface area contributed by atoms with E-state index in [4.69, 9.17) is 16.3 Å². The fourth-order valence-electron chi connectivity index (χ4n) is 1.62. The van der Waals surface area contributed by atoms with Gasteiger partial charge in [0.2, 0.25) is 0 Å². The Morgan fingerprint density at radius 1 is 1.42 bits per heavy atom. The maximum absolute atomic E-state index is 12.2. The fraction of sp³-hybridized carbons (Fsp3) is 0.267. The van der Waals surface area contributed by atoms with Crippen molar-refractivity contribution in [2.45, 2.75) is 13.0 Å². The molecule has 102 valence electrons. The van der Waals surface area contributed by atoms with Crippen molar-refractivity contribution in [3.8, 4) is 5.75 Å². The van der Waals surface area contributed by atoms with E-state index in [1.165, 1.54) is 0 Å². The van der Waals surface area contributed by atoms with Crippen molar-refractivity contribution in [1.29, 1.82) is 0 Å². The predicted octanol–water partition coefficient (Wildman–Crippen LogP) is 3.31. The first-order chi connectivity index (χ1) is 9.08. The maximum atomic E-state index is 12.2. The van der Waals surface area contributed by atoms with E-state index in [-0.39, 0.29) is 5.91 Å². The molecule has 0 heterocycles. The lowest BCUT2D eigenvalue weighted by Crippen LogP contribution is -2.40. The number of carbonyl (C=O) groups is 1. The van der Waals surface area contributed by atoms with E-state index >= 15 is 0 Å². The van der Waals surface area contributed by atoms with Crippen LogP contribution in [0.2, 0.25) is 5.02 Å². The summed E-state index contributed by atoms with van der Waals surface area (Å²) in [5.74, 6) is 0.463. The van der Waals surface area contributed by atoms with E-state index in [0.717, 1.165) is 0 Å². The van der Waals surface area contributed by atoms with Gasteiger partial charge in [0, 0.05) is 18.1 Å². The van der Waals surface area contributed by atoms with Crippen LogP contribution in [0.1, 0.15) is 6.92 Å². The van der Waals surface area contributed by atoms with Crippen LogP contribution in [0, 0.1) is 0 Å². The van der Waals surface area contributed by atoms with Crippen molar-refractivity contribution < 1.29 is 9.53 Å². The average Bonchev–Trinajstić information content (AvgIpc) is 2.37. The van der Waals surface area contributed by atoms with Gasteiger partial charge in [-0.1, -0.05) is 29.8 Å². The number of benzene rings is 1. The molecule has 1 unspecified atom stereocenters. The summed E-state index contributed by atoms with van der Waals surface area (Å²) in [5, 5.41) is 0.575. The Kier molecular flexibility index (Phi) is 6.16. The van der Waals surface area contributed by atoms with Crippen LogP contribution in [0.4, 0.5) is 0 Å². The van der Waals surface area contributed by atoms with Crippen molar-refractivity contribution in [2.24, 2.45) is 0 Å². The Morgan fingerprint density at radius 2 is 2.05 bits per heavy atom. The van der Waals surface area contributed by atoms with E-state index in [1.54, 1.807) is 48.2 Å². The van der Waals surface area contributed by atoms with Crippen LogP contribution in [-0.2, 0) is 4.79 Å². The van der Waals surface area contributed by atoms with Gasteiger partial charge in [0.1, 0.15) is 5.75 Å². The molecular formula is C15H18ClNO2. The summed E-state index contributed by atoms with van der Waals surface area (Å²) in [7, 11) is 0. The molecule has 1 aromatic rings. The van der Waals surface area contributed by atoms with E-state index < -0.39 is 6.10 Å². The first-order valence-corrected chi connectivity index (χ1v) is 6.39. The summed E-state index contributed by atoms with van der Waals surface area (Å²) in [6, 6.07) is 6.97. The van der Waals surface area contributed by atoms with E-state index in [1.807, 2.05) is 0 Å². The Bertz CT molecular complexity index is 449. The second-order valence-corrected chi connectivity index (χ2v) is 4.47. The number of halogens is 1. The highest BCUT2D eigenvalue weighted by Gasteiger charge is 2.20. The highest BCUT2D eigenvalue weighted by atomic mass is 35.5. The zero-order chi connectivity index (χ0) is 14.3. The highest BCUT2D eigenvalue weighted by Crippen LogP contribution is 2.18. The summed E-state index contributed by atoms with van der Waals surface area (Å²) >= 11 is 5.87. The molecule has 4 heteroatoms. The third-order valence-electron chi connectivity index (χ3n) is 2.47. The van der Waals surface area contributed by atoms with Crippen LogP contribution < -0.4 is 4.74 Å². The third-order valence-corrected chi connectivity index (χ3v) is 2.70. The molecule has 0 aliphatic carbocycles. The van der Waals surface area contributed by atoms with Gasteiger partial charge in [0.05, 0.1) is 0 Å². The first kappa shape index (κ1) is 15.3.